The van der Waals surface area contributed by atoms with Crippen molar-refractivity contribution in [2.75, 3.05) is 26.2 Å². The fraction of sp³-hybridized carbons (Fsp3) is 0.417. The molecule has 0 spiro atoms. The van der Waals surface area contributed by atoms with Crippen molar-refractivity contribution < 1.29 is 17.9 Å². The Morgan fingerprint density at radius 1 is 1.15 bits per heavy atom. The number of ether oxygens (including phenoxy) is 1. The van der Waals surface area contributed by atoms with Gasteiger partial charge < -0.3 is 9.64 Å². The molecule has 8 heteroatoms. The number of carbonyl (C=O) groups excluding carboxylic acids is 1. The largest absolute Gasteiger partial charge is 0.445 e. The zero-order chi connectivity index (χ0) is 14.6. The zero-order valence-corrected chi connectivity index (χ0v) is 12.3. The highest BCUT2D eigenvalue weighted by Crippen LogP contribution is 2.12. The second kappa shape index (κ2) is 6.43. The SMILES string of the molecule is O=C(OCc1ccccc1)N1CCN(S(=O)(=O)Cl)CC1. The van der Waals surface area contributed by atoms with E-state index in [2.05, 4.69) is 0 Å². The van der Waals surface area contributed by atoms with Gasteiger partial charge in [0.2, 0.25) is 0 Å². The summed E-state index contributed by atoms with van der Waals surface area (Å²) < 4.78 is 28.6. The summed E-state index contributed by atoms with van der Waals surface area (Å²) in [6, 6.07) is 9.36. The lowest BCUT2D eigenvalue weighted by Crippen LogP contribution is -2.49. The minimum absolute atomic E-state index is 0.187. The Morgan fingerprint density at radius 2 is 1.75 bits per heavy atom. The van der Waals surface area contributed by atoms with Gasteiger partial charge in [0.05, 0.1) is 0 Å². The minimum atomic E-state index is -3.70. The molecule has 20 heavy (non-hydrogen) atoms. The first kappa shape index (κ1) is 15.1. The molecule has 1 heterocycles. The number of nitrogens with zero attached hydrogens (tertiary/aromatic N) is 2. The van der Waals surface area contributed by atoms with Crippen LogP contribution in [0.15, 0.2) is 30.3 Å². The van der Waals surface area contributed by atoms with E-state index in [-0.39, 0.29) is 32.8 Å². The number of benzene rings is 1. The van der Waals surface area contributed by atoms with Crippen LogP contribution < -0.4 is 0 Å². The first-order valence-corrected chi connectivity index (χ1v) is 8.39. The highest BCUT2D eigenvalue weighted by Gasteiger charge is 2.27. The Labute approximate surface area is 122 Å². The highest BCUT2D eigenvalue weighted by atomic mass is 35.7. The van der Waals surface area contributed by atoms with E-state index in [4.69, 9.17) is 15.4 Å². The molecule has 2 rings (SSSR count). The van der Waals surface area contributed by atoms with Gasteiger partial charge >= 0.3 is 6.09 Å². The lowest BCUT2D eigenvalue weighted by molar-refractivity contribution is 0.0841. The average Bonchev–Trinajstić information content (AvgIpc) is 2.45. The maximum atomic E-state index is 11.8. The average molecular weight is 319 g/mol. The maximum absolute atomic E-state index is 11.8. The standard InChI is InChI=1S/C12H15ClN2O4S/c13-20(17,18)15-8-6-14(7-9-15)12(16)19-10-11-4-2-1-3-5-11/h1-5H,6-10H2. The van der Waals surface area contributed by atoms with Gasteiger partial charge in [-0.3, -0.25) is 0 Å². The van der Waals surface area contributed by atoms with Crippen LogP contribution in [0.2, 0.25) is 0 Å². The molecule has 0 aliphatic carbocycles. The Hall–Kier alpha value is -1.31. The number of hydrogen-bond donors (Lipinski definition) is 0. The van der Waals surface area contributed by atoms with E-state index < -0.39 is 15.3 Å². The van der Waals surface area contributed by atoms with Crippen molar-refractivity contribution in [3.8, 4) is 0 Å². The van der Waals surface area contributed by atoms with E-state index >= 15 is 0 Å². The van der Waals surface area contributed by atoms with E-state index in [1.807, 2.05) is 30.3 Å². The van der Waals surface area contributed by atoms with Crippen LogP contribution in [0.3, 0.4) is 0 Å². The quantitative estimate of drug-likeness (QED) is 0.791. The number of amides is 1. The fourth-order valence-corrected chi connectivity index (χ4v) is 2.91. The molecule has 0 unspecified atom stereocenters. The van der Waals surface area contributed by atoms with Gasteiger partial charge in [0.15, 0.2) is 0 Å². The molecule has 110 valence electrons. The van der Waals surface area contributed by atoms with Crippen molar-refractivity contribution in [1.82, 2.24) is 9.21 Å². The third kappa shape index (κ3) is 4.09. The number of halogens is 1. The molecule has 0 N–H and O–H groups in total. The molecular weight excluding hydrogens is 304 g/mol. The molecule has 0 atom stereocenters. The topological polar surface area (TPSA) is 66.9 Å². The molecule has 1 saturated heterocycles. The fourth-order valence-electron chi connectivity index (χ4n) is 1.90. The van der Waals surface area contributed by atoms with Crippen LogP contribution in [0.25, 0.3) is 0 Å². The summed E-state index contributed by atoms with van der Waals surface area (Å²) in [5, 5.41) is 0. The summed E-state index contributed by atoms with van der Waals surface area (Å²) in [6.07, 6.45) is -0.444. The van der Waals surface area contributed by atoms with E-state index in [1.54, 1.807) is 0 Å². The van der Waals surface area contributed by atoms with Crippen LogP contribution in [0.1, 0.15) is 5.56 Å². The van der Waals surface area contributed by atoms with Crippen molar-refractivity contribution in [2.45, 2.75) is 6.61 Å². The van der Waals surface area contributed by atoms with E-state index in [0.717, 1.165) is 9.87 Å². The maximum Gasteiger partial charge on any atom is 0.410 e. The number of piperazine rings is 1. The van der Waals surface area contributed by atoms with E-state index in [9.17, 15) is 13.2 Å². The van der Waals surface area contributed by atoms with Crippen LogP contribution in [0.5, 0.6) is 0 Å². The molecule has 1 amide bonds. The summed E-state index contributed by atoms with van der Waals surface area (Å²) in [5.41, 5.74) is 0.905. The van der Waals surface area contributed by atoms with E-state index in [1.165, 1.54) is 4.90 Å². The second-order valence-corrected chi connectivity index (χ2v) is 6.88. The summed E-state index contributed by atoms with van der Waals surface area (Å²) in [5.74, 6) is 0. The van der Waals surface area contributed by atoms with Crippen molar-refractivity contribution in [2.24, 2.45) is 0 Å². The summed E-state index contributed by atoms with van der Waals surface area (Å²) >= 11 is 0. The molecule has 0 bridgehead atoms. The van der Waals surface area contributed by atoms with Crippen molar-refractivity contribution in [3.05, 3.63) is 35.9 Å². The molecule has 1 fully saturated rings. The number of hydrogen-bond acceptors (Lipinski definition) is 4. The highest BCUT2D eigenvalue weighted by molar-refractivity contribution is 8.11. The van der Waals surface area contributed by atoms with Gasteiger partial charge in [0.25, 0.3) is 9.24 Å². The summed E-state index contributed by atoms with van der Waals surface area (Å²) in [7, 11) is 1.54. The second-order valence-electron chi connectivity index (χ2n) is 4.37. The van der Waals surface area contributed by atoms with Crippen LogP contribution in [0.4, 0.5) is 4.79 Å². The lowest BCUT2D eigenvalue weighted by atomic mass is 10.2. The van der Waals surface area contributed by atoms with Crippen LogP contribution in [-0.2, 0) is 20.6 Å². The smallest absolute Gasteiger partial charge is 0.410 e. The van der Waals surface area contributed by atoms with E-state index in [0.29, 0.717) is 0 Å². The zero-order valence-electron chi connectivity index (χ0n) is 10.7. The van der Waals surface area contributed by atoms with Crippen LogP contribution >= 0.6 is 10.7 Å². The minimum Gasteiger partial charge on any atom is -0.445 e. The summed E-state index contributed by atoms with van der Waals surface area (Å²) in [6.45, 7) is 1.13. The van der Waals surface area contributed by atoms with Gasteiger partial charge in [-0.2, -0.15) is 12.7 Å². The predicted molar refractivity (Wildman–Crippen MR) is 74.5 cm³/mol. The van der Waals surface area contributed by atoms with Crippen molar-refractivity contribution >= 4 is 26.0 Å². The van der Waals surface area contributed by atoms with Crippen LogP contribution in [0, 0.1) is 0 Å². The van der Waals surface area contributed by atoms with Crippen molar-refractivity contribution in [3.63, 3.8) is 0 Å². The molecular formula is C12H15ClN2O4S. The molecule has 0 radical (unpaired) electrons. The molecule has 1 aliphatic rings. The van der Waals surface area contributed by atoms with Gasteiger partial charge in [-0.25, -0.2) is 4.79 Å². The molecule has 1 aliphatic heterocycles. The number of rotatable bonds is 3. The van der Waals surface area contributed by atoms with Crippen LogP contribution in [-0.4, -0.2) is 49.9 Å². The first-order chi connectivity index (χ1) is 9.47. The predicted octanol–water partition coefficient (Wildman–Crippen LogP) is 1.42. The Kier molecular flexibility index (Phi) is 4.85. The van der Waals surface area contributed by atoms with Gasteiger partial charge in [0, 0.05) is 36.9 Å². The molecule has 0 aromatic heterocycles. The molecule has 1 aromatic rings. The first-order valence-electron chi connectivity index (χ1n) is 6.12. The normalized spacial score (nSPS) is 16.9. The van der Waals surface area contributed by atoms with Gasteiger partial charge in [0.1, 0.15) is 6.61 Å². The third-order valence-corrected chi connectivity index (χ3v) is 4.58. The van der Waals surface area contributed by atoms with Gasteiger partial charge in [-0.15, -0.1) is 0 Å². The Morgan fingerprint density at radius 3 is 2.30 bits per heavy atom. The lowest BCUT2D eigenvalue weighted by Gasteiger charge is -2.31. The molecule has 1 aromatic carbocycles. The monoisotopic (exact) mass is 318 g/mol. The Bertz CT molecular complexity index is 556. The van der Waals surface area contributed by atoms with Gasteiger partial charge in [-0.1, -0.05) is 30.3 Å². The third-order valence-electron chi connectivity index (χ3n) is 3.01. The summed E-state index contributed by atoms with van der Waals surface area (Å²) in [4.78, 5) is 13.3. The Balaban J connectivity index is 1.80. The molecule has 0 saturated carbocycles. The van der Waals surface area contributed by atoms with Gasteiger partial charge in [-0.05, 0) is 5.56 Å². The number of carbonyl (C=O) groups is 1. The van der Waals surface area contributed by atoms with Crippen molar-refractivity contribution in [1.29, 1.82) is 0 Å². The molecule has 6 nitrogen and oxygen atoms in total.